The first-order valence-corrected chi connectivity index (χ1v) is 7.62. The zero-order chi connectivity index (χ0) is 14.2. The maximum Gasteiger partial charge on any atom is 0.0843 e. The van der Waals surface area contributed by atoms with Crippen LogP contribution < -0.4 is 0 Å². The molecule has 2 aromatic carbocycles. The largest absolute Gasteiger partial charge is 0.113 e. The van der Waals surface area contributed by atoms with Crippen LogP contribution in [0.5, 0.6) is 0 Å². The summed E-state index contributed by atoms with van der Waals surface area (Å²) in [4.78, 5) is 0. The molecule has 0 amide bonds. The number of rotatable bonds is 2. The topological polar surface area (TPSA) is 0 Å². The molecule has 0 aromatic heterocycles. The van der Waals surface area contributed by atoms with Crippen molar-refractivity contribution < 1.29 is 0 Å². The molecule has 100 valence electrons. The third-order valence-electron chi connectivity index (χ3n) is 3.65. The molecule has 19 heavy (non-hydrogen) atoms. The van der Waals surface area contributed by atoms with Crippen LogP contribution in [-0.2, 0) is 0 Å². The average Bonchev–Trinajstić information content (AvgIpc) is 2.36. The van der Waals surface area contributed by atoms with Crippen LogP contribution in [0.4, 0.5) is 0 Å². The number of alkyl halides is 1. The SMILES string of the molecule is Cc1ccccc1C(Cl)c1c(C)cc(C)c(Br)c1C. The molecule has 0 heterocycles. The van der Waals surface area contributed by atoms with Crippen LogP contribution in [0, 0.1) is 27.7 Å². The lowest BCUT2D eigenvalue weighted by Crippen LogP contribution is -2.03. The van der Waals surface area contributed by atoms with Gasteiger partial charge in [-0.15, -0.1) is 11.6 Å². The molecule has 0 aliphatic carbocycles. The lowest BCUT2D eigenvalue weighted by atomic mass is 9.92. The molecule has 0 nitrogen and oxygen atoms in total. The first-order valence-electron chi connectivity index (χ1n) is 6.39. The van der Waals surface area contributed by atoms with E-state index in [1.807, 2.05) is 12.1 Å². The maximum atomic E-state index is 6.75. The van der Waals surface area contributed by atoms with E-state index in [4.69, 9.17) is 11.6 Å². The zero-order valence-corrected chi connectivity index (χ0v) is 14.1. The van der Waals surface area contributed by atoms with Crippen molar-refractivity contribution in [1.82, 2.24) is 0 Å². The van der Waals surface area contributed by atoms with Gasteiger partial charge in [-0.05, 0) is 61.1 Å². The highest BCUT2D eigenvalue weighted by atomic mass is 79.9. The Balaban J connectivity index is 2.60. The fourth-order valence-corrected chi connectivity index (χ4v) is 3.50. The van der Waals surface area contributed by atoms with Gasteiger partial charge in [-0.1, -0.05) is 46.3 Å². The van der Waals surface area contributed by atoms with E-state index in [0.717, 1.165) is 4.47 Å². The van der Waals surface area contributed by atoms with Gasteiger partial charge >= 0.3 is 0 Å². The van der Waals surface area contributed by atoms with E-state index in [9.17, 15) is 0 Å². The van der Waals surface area contributed by atoms with Gasteiger partial charge < -0.3 is 0 Å². The summed E-state index contributed by atoms with van der Waals surface area (Å²) >= 11 is 10.4. The lowest BCUT2D eigenvalue weighted by Gasteiger charge is -2.20. The van der Waals surface area contributed by atoms with Crippen molar-refractivity contribution in [3.8, 4) is 0 Å². The van der Waals surface area contributed by atoms with Crippen molar-refractivity contribution in [2.75, 3.05) is 0 Å². The molecule has 0 fully saturated rings. The van der Waals surface area contributed by atoms with E-state index < -0.39 is 0 Å². The van der Waals surface area contributed by atoms with Gasteiger partial charge in [0.1, 0.15) is 0 Å². The number of hydrogen-bond acceptors (Lipinski definition) is 0. The van der Waals surface area contributed by atoms with Crippen LogP contribution in [-0.4, -0.2) is 0 Å². The molecule has 1 atom stereocenters. The molecule has 0 aliphatic heterocycles. The second kappa shape index (κ2) is 5.68. The monoisotopic (exact) mass is 336 g/mol. The molecular weight excluding hydrogens is 320 g/mol. The third-order valence-corrected chi connectivity index (χ3v) is 5.33. The average molecular weight is 338 g/mol. The van der Waals surface area contributed by atoms with Crippen LogP contribution in [0.15, 0.2) is 34.8 Å². The summed E-state index contributed by atoms with van der Waals surface area (Å²) in [5.41, 5.74) is 7.38. The normalized spacial score (nSPS) is 12.5. The highest BCUT2D eigenvalue weighted by Crippen LogP contribution is 2.38. The molecule has 0 aliphatic rings. The highest BCUT2D eigenvalue weighted by Gasteiger charge is 2.19. The second-order valence-corrected chi connectivity index (χ2v) is 6.31. The van der Waals surface area contributed by atoms with Crippen LogP contribution >= 0.6 is 27.5 Å². The Kier molecular flexibility index (Phi) is 4.37. The van der Waals surface area contributed by atoms with Gasteiger partial charge in [0.25, 0.3) is 0 Å². The predicted molar refractivity (Wildman–Crippen MR) is 87.2 cm³/mol. The first kappa shape index (κ1) is 14.6. The van der Waals surface area contributed by atoms with Gasteiger partial charge in [0, 0.05) is 4.47 Å². The Bertz CT molecular complexity index is 617. The summed E-state index contributed by atoms with van der Waals surface area (Å²) in [6.07, 6.45) is 0. The molecule has 0 saturated carbocycles. The van der Waals surface area contributed by atoms with Crippen molar-refractivity contribution in [1.29, 1.82) is 0 Å². The quantitative estimate of drug-likeness (QED) is 0.589. The summed E-state index contributed by atoms with van der Waals surface area (Å²) in [5.74, 6) is 0. The van der Waals surface area contributed by atoms with E-state index in [0.29, 0.717) is 0 Å². The number of hydrogen-bond donors (Lipinski definition) is 0. The Morgan fingerprint density at radius 3 is 2.21 bits per heavy atom. The van der Waals surface area contributed by atoms with Crippen LogP contribution in [0.25, 0.3) is 0 Å². The van der Waals surface area contributed by atoms with Gasteiger partial charge in [-0.3, -0.25) is 0 Å². The van der Waals surface area contributed by atoms with Crippen molar-refractivity contribution in [3.63, 3.8) is 0 Å². The van der Waals surface area contributed by atoms with E-state index in [2.05, 4.69) is 61.8 Å². The second-order valence-electron chi connectivity index (χ2n) is 5.08. The van der Waals surface area contributed by atoms with E-state index in [1.165, 1.54) is 33.4 Å². The van der Waals surface area contributed by atoms with E-state index >= 15 is 0 Å². The smallest absolute Gasteiger partial charge is 0.0843 e. The molecule has 2 rings (SSSR count). The molecule has 2 aromatic rings. The maximum absolute atomic E-state index is 6.75. The minimum absolute atomic E-state index is 0.0990. The van der Waals surface area contributed by atoms with Gasteiger partial charge in [0.15, 0.2) is 0 Å². The number of halogens is 2. The number of aryl methyl sites for hydroxylation is 3. The molecular formula is C17H18BrCl. The minimum Gasteiger partial charge on any atom is -0.113 e. The zero-order valence-electron chi connectivity index (χ0n) is 11.7. The fraction of sp³-hybridized carbons (Fsp3) is 0.294. The lowest BCUT2D eigenvalue weighted by molar-refractivity contribution is 1.05. The number of benzene rings is 2. The minimum atomic E-state index is -0.0990. The van der Waals surface area contributed by atoms with Crippen LogP contribution in [0.1, 0.15) is 38.8 Å². The van der Waals surface area contributed by atoms with Gasteiger partial charge in [0.05, 0.1) is 5.38 Å². The summed E-state index contributed by atoms with van der Waals surface area (Å²) < 4.78 is 1.16. The van der Waals surface area contributed by atoms with Crippen molar-refractivity contribution in [3.05, 3.63) is 68.2 Å². The summed E-state index contributed by atoms with van der Waals surface area (Å²) in [6.45, 7) is 8.49. The van der Waals surface area contributed by atoms with Gasteiger partial charge in [0.2, 0.25) is 0 Å². The molecule has 0 radical (unpaired) electrons. The van der Waals surface area contributed by atoms with E-state index in [-0.39, 0.29) is 5.38 Å². The first-order chi connectivity index (χ1) is 8.93. The molecule has 0 spiro atoms. The molecule has 1 unspecified atom stereocenters. The Hall–Kier alpha value is -0.790. The van der Waals surface area contributed by atoms with Crippen molar-refractivity contribution in [2.45, 2.75) is 33.1 Å². The van der Waals surface area contributed by atoms with Crippen LogP contribution in [0.3, 0.4) is 0 Å². The highest BCUT2D eigenvalue weighted by molar-refractivity contribution is 9.10. The van der Waals surface area contributed by atoms with E-state index in [1.54, 1.807) is 0 Å². The van der Waals surface area contributed by atoms with Gasteiger partial charge in [-0.25, -0.2) is 0 Å². The Labute approximate surface area is 128 Å². The summed E-state index contributed by atoms with van der Waals surface area (Å²) in [7, 11) is 0. The molecule has 0 saturated heterocycles. The fourth-order valence-electron chi connectivity index (χ4n) is 2.59. The van der Waals surface area contributed by atoms with Crippen LogP contribution in [0.2, 0.25) is 0 Å². The molecule has 2 heteroatoms. The third kappa shape index (κ3) is 2.73. The standard InChI is InChI=1S/C17H18BrCl/c1-10-7-5-6-8-14(10)17(19)15-11(2)9-12(3)16(18)13(15)4/h5-9,17H,1-4H3. The Morgan fingerprint density at radius 2 is 1.58 bits per heavy atom. The van der Waals surface area contributed by atoms with Gasteiger partial charge in [-0.2, -0.15) is 0 Å². The summed E-state index contributed by atoms with van der Waals surface area (Å²) in [6, 6.07) is 10.5. The van der Waals surface area contributed by atoms with Crippen molar-refractivity contribution >= 4 is 27.5 Å². The molecule has 0 N–H and O–H groups in total. The Morgan fingerprint density at radius 1 is 0.947 bits per heavy atom. The molecule has 0 bridgehead atoms. The predicted octanol–water partition coefficient (Wildman–Crippen LogP) is 6.01. The summed E-state index contributed by atoms with van der Waals surface area (Å²) in [5, 5.41) is -0.0990. The van der Waals surface area contributed by atoms with Crippen molar-refractivity contribution in [2.24, 2.45) is 0 Å².